The third kappa shape index (κ3) is 12.2. The Morgan fingerprint density at radius 3 is 2.31 bits per heavy atom. The standard InChI is InChI=1S/C41H54FNO6Si2/c1-50(2,3)22-20-45-30-49-36-12-9-10-31(25-36)28-47-39-26-32(24-34-11-7-8-13-37(34)39)29-48-40-27-43(41(44)46-21-23-51(4,5)6)19-18-38(40)33-14-16-35(42)17-15-33/h7-17,24-26,38,40H,18-23,27-30H2,1-6H3. The molecule has 4 aromatic rings. The molecule has 0 aromatic heterocycles. The number of halogens is 1. The van der Waals surface area contributed by atoms with Crippen molar-refractivity contribution in [3.63, 3.8) is 0 Å². The molecule has 1 amide bonds. The van der Waals surface area contributed by atoms with Gasteiger partial charge in [-0.1, -0.05) is 87.8 Å². The number of carbonyl (C=O) groups excluding carboxylic acids is 1. The second-order valence-corrected chi connectivity index (χ2v) is 27.1. The number of hydrogen-bond donors (Lipinski definition) is 0. The third-order valence-corrected chi connectivity index (χ3v) is 12.5. The summed E-state index contributed by atoms with van der Waals surface area (Å²) >= 11 is 0. The molecule has 5 rings (SSSR count). The lowest BCUT2D eigenvalue weighted by Gasteiger charge is -2.38. The maximum Gasteiger partial charge on any atom is 0.409 e. The quantitative estimate of drug-likeness (QED) is 0.0650. The number of piperidine rings is 1. The van der Waals surface area contributed by atoms with Gasteiger partial charge in [0.25, 0.3) is 0 Å². The normalized spacial score (nSPS) is 16.6. The molecule has 1 saturated heterocycles. The Bertz CT molecular complexity index is 1720. The van der Waals surface area contributed by atoms with Crippen molar-refractivity contribution >= 4 is 33.0 Å². The predicted octanol–water partition coefficient (Wildman–Crippen LogP) is 10.1. The van der Waals surface area contributed by atoms with E-state index in [0.29, 0.717) is 45.9 Å². The highest BCUT2D eigenvalue weighted by Gasteiger charge is 2.34. The van der Waals surface area contributed by atoms with E-state index >= 15 is 0 Å². The van der Waals surface area contributed by atoms with Crippen LogP contribution >= 0.6 is 0 Å². The Hall–Kier alpha value is -3.71. The number of benzene rings is 4. The van der Waals surface area contributed by atoms with E-state index < -0.39 is 16.1 Å². The smallest absolute Gasteiger partial charge is 0.409 e. The van der Waals surface area contributed by atoms with E-state index in [-0.39, 0.29) is 30.7 Å². The molecule has 1 aliphatic rings. The van der Waals surface area contributed by atoms with Gasteiger partial charge in [-0.25, -0.2) is 9.18 Å². The minimum absolute atomic E-state index is 0.00745. The maximum absolute atomic E-state index is 13.8. The Balaban J connectivity index is 1.26. The first-order valence-corrected chi connectivity index (χ1v) is 25.5. The van der Waals surface area contributed by atoms with E-state index in [9.17, 15) is 9.18 Å². The van der Waals surface area contributed by atoms with E-state index in [4.69, 9.17) is 23.7 Å². The SMILES string of the molecule is C[Si](C)(C)CCOCOc1cccc(COc2cc(COC3CN(C(=O)OCC[Si](C)(C)C)CCC3c3ccc(F)cc3)cc3ccccc23)c1. The summed E-state index contributed by atoms with van der Waals surface area (Å²) in [5.74, 6) is 1.24. The summed E-state index contributed by atoms with van der Waals surface area (Å²) in [5.41, 5.74) is 2.95. The second-order valence-electron chi connectivity index (χ2n) is 15.9. The largest absolute Gasteiger partial charge is 0.488 e. The van der Waals surface area contributed by atoms with Gasteiger partial charge in [-0.2, -0.15) is 0 Å². The summed E-state index contributed by atoms with van der Waals surface area (Å²) in [4.78, 5) is 14.8. The number of nitrogens with zero attached hydrogens (tertiary/aromatic N) is 1. The summed E-state index contributed by atoms with van der Waals surface area (Å²) in [6, 6.07) is 28.8. The van der Waals surface area contributed by atoms with Gasteiger partial charge in [0.05, 0.1) is 25.9 Å². The van der Waals surface area contributed by atoms with Gasteiger partial charge in [-0.05, 0) is 77.0 Å². The number of amides is 1. The topological polar surface area (TPSA) is 66.5 Å². The minimum Gasteiger partial charge on any atom is -0.488 e. The highest BCUT2D eigenvalue weighted by atomic mass is 28.3. The molecule has 10 heteroatoms. The lowest BCUT2D eigenvalue weighted by molar-refractivity contribution is -0.0234. The predicted molar refractivity (Wildman–Crippen MR) is 208 cm³/mol. The fraction of sp³-hybridized carbons (Fsp3) is 0.439. The first-order chi connectivity index (χ1) is 24.3. The third-order valence-electron chi connectivity index (χ3n) is 9.14. The van der Waals surface area contributed by atoms with Crippen molar-refractivity contribution in [1.29, 1.82) is 0 Å². The summed E-state index contributed by atoms with van der Waals surface area (Å²) in [7, 11) is -2.48. The van der Waals surface area contributed by atoms with Gasteiger partial charge < -0.3 is 28.6 Å². The van der Waals surface area contributed by atoms with Gasteiger partial charge in [0, 0.05) is 40.6 Å². The van der Waals surface area contributed by atoms with Crippen molar-refractivity contribution in [3.05, 3.63) is 107 Å². The van der Waals surface area contributed by atoms with Crippen LogP contribution in [0.15, 0.2) is 84.9 Å². The van der Waals surface area contributed by atoms with E-state index in [1.54, 1.807) is 4.90 Å². The van der Waals surface area contributed by atoms with Gasteiger partial charge in [-0.15, -0.1) is 0 Å². The average Bonchev–Trinajstić information content (AvgIpc) is 3.09. The van der Waals surface area contributed by atoms with Gasteiger partial charge in [-0.3, -0.25) is 0 Å². The second kappa shape index (κ2) is 17.7. The van der Waals surface area contributed by atoms with Crippen LogP contribution in [-0.2, 0) is 27.4 Å². The first kappa shape index (κ1) is 38.5. The van der Waals surface area contributed by atoms with Crippen molar-refractivity contribution < 1.29 is 32.9 Å². The van der Waals surface area contributed by atoms with Crippen molar-refractivity contribution in [2.75, 3.05) is 33.1 Å². The van der Waals surface area contributed by atoms with Crippen LogP contribution in [0.4, 0.5) is 9.18 Å². The molecule has 0 spiro atoms. The highest BCUT2D eigenvalue weighted by molar-refractivity contribution is 6.76. The van der Waals surface area contributed by atoms with Gasteiger partial charge >= 0.3 is 6.09 Å². The zero-order valence-corrected chi connectivity index (χ0v) is 33.1. The number of hydrogen-bond acceptors (Lipinski definition) is 6. The van der Waals surface area contributed by atoms with Gasteiger partial charge in [0.2, 0.25) is 0 Å². The van der Waals surface area contributed by atoms with Crippen LogP contribution in [0.25, 0.3) is 10.8 Å². The summed E-state index contributed by atoms with van der Waals surface area (Å²) in [5, 5.41) is 2.06. The summed E-state index contributed by atoms with van der Waals surface area (Å²) in [6.45, 7) is 16.8. The molecule has 4 aromatic carbocycles. The van der Waals surface area contributed by atoms with Crippen LogP contribution < -0.4 is 9.47 Å². The fourth-order valence-corrected chi connectivity index (χ4v) is 7.52. The van der Waals surface area contributed by atoms with Crippen LogP contribution in [0.3, 0.4) is 0 Å². The molecule has 0 saturated carbocycles. The number of ether oxygens (including phenoxy) is 5. The molecule has 0 aliphatic carbocycles. The molecule has 274 valence electrons. The van der Waals surface area contributed by atoms with E-state index in [2.05, 4.69) is 57.5 Å². The number of likely N-dealkylation sites (tertiary alicyclic amines) is 1. The lowest BCUT2D eigenvalue weighted by Crippen LogP contribution is -2.47. The Kier molecular flexibility index (Phi) is 13.4. The first-order valence-electron chi connectivity index (χ1n) is 18.1. The molecule has 0 N–H and O–H groups in total. The molecule has 0 radical (unpaired) electrons. The summed E-state index contributed by atoms with van der Waals surface area (Å²) in [6.07, 6.45) is 0.0930. The number of carbonyl (C=O) groups is 1. The van der Waals surface area contributed by atoms with Gasteiger partial charge in [0.1, 0.15) is 23.9 Å². The molecule has 7 nitrogen and oxygen atoms in total. The van der Waals surface area contributed by atoms with Crippen molar-refractivity contribution in [2.24, 2.45) is 0 Å². The number of fused-ring (bicyclic) bond motifs is 1. The highest BCUT2D eigenvalue weighted by Crippen LogP contribution is 2.34. The Labute approximate surface area is 305 Å². The zero-order chi connectivity index (χ0) is 36.4. The Morgan fingerprint density at radius 2 is 1.55 bits per heavy atom. The molecule has 2 atom stereocenters. The zero-order valence-electron chi connectivity index (χ0n) is 31.1. The molecule has 1 aliphatic heterocycles. The molecular formula is C41H54FNO6Si2. The van der Waals surface area contributed by atoms with Crippen LogP contribution in [0.5, 0.6) is 11.5 Å². The monoisotopic (exact) mass is 731 g/mol. The fourth-order valence-electron chi connectivity index (χ4n) is 6.05. The molecular weight excluding hydrogens is 678 g/mol. The Morgan fingerprint density at radius 1 is 0.804 bits per heavy atom. The lowest BCUT2D eigenvalue weighted by atomic mass is 9.87. The average molecular weight is 732 g/mol. The minimum atomic E-state index is -1.33. The molecule has 1 heterocycles. The molecule has 51 heavy (non-hydrogen) atoms. The van der Waals surface area contributed by atoms with Crippen molar-refractivity contribution in [2.45, 2.75) is 83.0 Å². The maximum atomic E-state index is 13.8. The van der Waals surface area contributed by atoms with Crippen LogP contribution in [0.1, 0.15) is 29.0 Å². The van der Waals surface area contributed by atoms with Crippen LogP contribution in [0, 0.1) is 5.82 Å². The number of rotatable bonds is 16. The van der Waals surface area contributed by atoms with Gasteiger partial charge in [0.15, 0.2) is 6.79 Å². The summed E-state index contributed by atoms with van der Waals surface area (Å²) < 4.78 is 44.2. The molecule has 1 fully saturated rings. The van der Waals surface area contributed by atoms with Crippen LogP contribution in [-0.4, -0.2) is 66.3 Å². The van der Waals surface area contributed by atoms with E-state index in [1.165, 1.54) is 12.1 Å². The molecule has 0 bridgehead atoms. The molecule has 2 unspecified atom stereocenters. The van der Waals surface area contributed by atoms with E-state index in [1.807, 2.05) is 54.6 Å². The van der Waals surface area contributed by atoms with Crippen molar-refractivity contribution in [3.8, 4) is 11.5 Å². The van der Waals surface area contributed by atoms with Crippen molar-refractivity contribution in [1.82, 2.24) is 4.90 Å². The van der Waals surface area contributed by atoms with E-state index in [0.717, 1.165) is 51.1 Å². The van der Waals surface area contributed by atoms with Crippen LogP contribution in [0.2, 0.25) is 51.4 Å².